The fraction of sp³-hybridized carbons (Fsp3) is 0.644. The molecule has 0 aliphatic heterocycles. The Labute approximate surface area is 633 Å². The number of nitrogens with one attached hydrogen (secondary N) is 9. The van der Waals surface area contributed by atoms with E-state index in [4.69, 9.17) is 47.4 Å². The predicted octanol–water partition coefficient (Wildman–Crippen LogP) is -0.522. The maximum absolute atomic E-state index is 13.3. The minimum atomic E-state index is -1.06. The Kier molecular flexibility index (Phi) is 55.0. The molecule has 35 heteroatoms. The van der Waals surface area contributed by atoms with E-state index in [1.807, 2.05) is 0 Å². The molecule has 0 heterocycles. The first-order valence-electron chi connectivity index (χ1n) is 35.8. The number of methoxy groups -OCH3 is 8. The zero-order valence-electron chi connectivity index (χ0n) is 64.6. The van der Waals surface area contributed by atoms with Crippen LogP contribution in [0, 0.1) is 13.8 Å². The van der Waals surface area contributed by atoms with E-state index in [0.717, 1.165) is 0 Å². The second-order valence-corrected chi connectivity index (χ2v) is 24.5. The van der Waals surface area contributed by atoms with Crippen LogP contribution >= 0.6 is 0 Å². The van der Waals surface area contributed by atoms with Gasteiger partial charge in [-0.05, 0) is 93.5 Å². The van der Waals surface area contributed by atoms with Crippen molar-refractivity contribution in [2.24, 2.45) is 0 Å². The van der Waals surface area contributed by atoms with Crippen molar-refractivity contribution in [3.63, 3.8) is 0 Å². The molecular formula is C73H117N11O24. The molecule has 608 valence electrons. The van der Waals surface area contributed by atoms with Crippen molar-refractivity contribution in [1.29, 1.82) is 0 Å². The lowest BCUT2D eigenvalue weighted by Gasteiger charge is -2.21. The van der Waals surface area contributed by atoms with E-state index >= 15 is 0 Å². The highest BCUT2D eigenvalue weighted by Crippen LogP contribution is 2.15. The van der Waals surface area contributed by atoms with E-state index < -0.39 is 65.2 Å². The van der Waals surface area contributed by atoms with Gasteiger partial charge in [0, 0.05) is 177 Å². The summed E-state index contributed by atoms with van der Waals surface area (Å²) in [4.78, 5) is 181. The smallest absolute Gasteiger partial charge is 0.251 e. The number of Topliss-reactive ketones (excluding diaryl/α,β-unsaturated/α-hetero) is 3. The summed E-state index contributed by atoms with van der Waals surface area (Å²) >= 11 is 0. The molecular weight excluding hydrogens is 1410 g/mol. The van der Waals surface area contributed by atoms with Crippen LogP contribution in [0.5, 0.6) is 0 Å². The molecule has 2 unspecified atom stereocenters. The fourth-order valence-electron chi connectivity index (χ4n) is 9.84. The molecule has 0 bridgehead atoms. The maximum Gasteiger partial charge on any atom is 0.251 e. The van der Waals surface area contributed by atoms with E-state index in [0.29, 0.717) is 83.1 Å². The lowest BCUT2D eigenvalue weighted by molar-refractivity contribution is -0.139. The van der Waals surface area contributed by atoms with Gasteiger partial charge in [-0.15, -0.1) is 0 Å². The van der Waals surface area contributed by atoms with Gasteiger partial charge in [-0.25, -0.2) is 0 Å². The molecule has 35 nitrogen and oxygen atoms in total. The van der Waals surface area contributed by atoms with Gasteiger partial charge >= 0.3 is 0 Å². The zero-order valence-corrected chi connectivity index (χ0v) is 64.6. The molecule has 0 aromatic heterocycles. The molecule has 0 radical (unpaired) electrons. The second kappa shape index (κ2) is 61.1. The molecule has 11 amide bonds. The molecule has 0 saturated carbocycles. The molecule has 9 N–H and O–H groups in total. The van der Waals surface area contributed by atoms with Crippen LogP contribution in [0.2, 0.25) is 0 Å². The van der Waals surface area contributed by atoms with Crippen molar-refractivity contribution >= 4 is 82.3 Å². The predicted molar refractivity (Wildman–Crippen MR) is 395 cm³/mol. The summed E-state index contributed by atoms with van der Waals surface area (Å²) in [5, 5.41) is 24.1. The van der Waals surface area contributed by atoms with Crippen LogP contribution in [0.4, 0.5) is 0 Å². The molecule has 0 fully saturated rings. The molecule has 2 atom stereocenters. The number of nitrogens with zero attached hydrogens (tertiary/aromatic N) is 2. The van der Waals surface area contributed by atoms with Gasteiger partial charge in [0.1, 0.15) is 12.1 Å². The van der Waals surface area contributed by atoms with Gasteiger partial charge in [0.15, 0.2) is 17.3 Å². The van der Waals surface area contributed by atoms with Crippen molar-refractivity contribution in [3.05, 3.63) is 69.8 Å². The van der Waals surface area contributed by atoms with Gasteiger partial charge in [-0.2, -0.15) is 0 Å². The topological polar surface area (TPSA) is 446 Å². The molecule has 108 heavy (non-hydrogen) atoms. The van der Waals surface area contributed by atoms with Gasteiger partial charge in [-0.1, -0.05) is 0 Å². The van der Waals surface area contributed by atoms with Crippen LogP contribution in [0.1, 0.15) is 130 Å². The second-order valence-electron chi connectivity index (χ2n) is 24.5. The van der Waals surface area contributed by atoms with E-state index in [1.54, 1.807) is 38.1 Å². The third kappa shape index (κ3) is 46.4. The van der Waals surface area contributed by atoms with E-state index in [1.165, 1.54) is 78.8 Å². The Hall–Kier alpha value is -8.78. The monoisotopic (exact) mass is 1530 g/mol. The van der Waals surface area contributed by atoms with Crippen LogP contribution in [-0.2, 0) is 95.3 Å². The molecule has 2 aromatic rings. The Balaban J connectivity index is 0.00000112. The van der Waals surface area contributed by atoms with E-state index in [2.05, 4.69) is 47.9 Å². The number of hydrogen-bond donors (Lipinski definition) is 9. The van der Waals surface area contributed by atoms with Crippen LogP contribution in [0.3, 0.4) is 0 Å². The number of ether oxygens (including phenoxy) is 10. The summed E-state index contributed by atoms with van der Waals surface area (Å²) in [6, 6.07) is 7.03. The number of ketones is 3. The van der Waals surface area contributed by atoms with Crippen LogP contribution < -0.4 is 47.9 Å². The summed E-state index contributed by atoms with van der Waals surface area (Å²) in [6.45, 7) is 6.94. The van der Waals surface area contributed by atoms with Crippen molar-refractivity contribution in [1.82, 2.24) is 57.7 Å². The van der Waals surface area contributed by atoms with E-state index in [-0.39, 0.29) is 208 Å². The zero-order chi connectivity index (χ0) is 80.3. The van der Waals surface area contributed by atoms with Gasteiger partial charge < -0.3 is 105 Å². The standard InChI is InChI=1S/C42H67N5O14.C31H50N6O10/c1-32-25-33(41(54)44-15-23-60-20-12-39(52)46(28-35(48)9-6-17-56-2)29-36(49)10-7-18-57-3)27-34(26-32)42(55)45-16-24-61-21-13-40(53)47(30-37(50)11-8-19-58-4)31-38(51)43-14-22-59-5;1-21-18-22(28(40)36-24(30(42)34-12-16-46-4)6-8-26(38)32-10-14-44-2)20-23(19-21)29(41)37-25(31(43)35-13-17-47-5)7-9-27(39)33-11-15-45-3/h25-27H,6-24,28-31H2,1-5H3,(H,43,51)(H,44,54)(H,45,55);18-20,24-25H,6-17H2,1-5H3,(H,32,38)(H,33,39)(H,34,42)(H,35,43)(H,36,40)(H,37,41). The minimum Gasteiger partial charge on any atom is -0.385 e. The third-order valence-corrected chi connectivity index (χ3v) is 15.4. The Morgan fingerprint density at radius 2 is 0.593 bits per heavy atom. The molecule has 2 aromatic carbocycles. The number of carbonyl (C=O) groups is 14. The maximum atomic E-state index is 13.3. The first kappa shape index (κ1) is 97.2. The lowest BCUT2D eigenvalue weighted by Crippen LogP contribution is -2.48. The first-order chi connectivity index (χ1) is 51.9. The number of aryl methyl sites for hydroxylation is 2. The number of amides is 11. The minimum absolute atomic E-state index is 0.00496. The van der Waals surface area contributed by atoms with Crippen molar-refractivity contribution in [3.8, 4) is 0 Å². The molecule has 0 aliphatic carbocycles. The van der Waals surface area contributed by atoms with Gasteiger partial charge in [0.05, 0.1) is 98.5 Å². The first-order valence-corrected chi connectivity index (χ1v) is 35.8. The molecule has 0 aliphatic rings. The molecule has 2 rings (SSSR count). The van der Waals surface area contributed by atoms with Gasteiger partial charge in [0.2, 0.25) is 41.4 Å². The Morgan fingerprint density at radius 3 is 0.917 bits per heavy atom. The number of carbonyl (C=O) groups excluding carboxylic acids is 14. The summed E-state index contributed by atoms with van der Waals surface area (Å²) in [7, 11) is 12.1. The average molecular weight is 1530 g/mol. The summed E-state index contributed by atoms with van der Waals surface area (Å²) in [6.07, 6.45) is 1.99. The Bertz CT molecular complexity index is 2850. The van der Waals surface area contributed by atoms with E-state index in [9.17, 15) is 67.1 Å². The van der Waals surface area contributed by atoms with Crippen molar-refractivity contribution in [2.45, 2.75) is 103 Å². The third-order valence-electron chi connectivity index (χ3n) is 15.4. The van der Waals surface area contributed by atoms with Crippen LogP contribution in [-0.4, -0.2) is 312 Å². The van der Waals surface area contributed by atoms with Crippen molar-refractivity contribution in [2.75, 3.05) is 208 Å². The van der Waals surface area contributed by atoms with Crippen LogP contribution in [0.25, 0.3) is 0 Å². The fourth-order valence-corrected chi connectivity index (χ4v) is 9.84. The highest BCUT2D eigenvalue weighted by atomic mass is 16.5. The molecule has 0 spiro atoms. The summed E-state index contributed by atoms with van der Waals surface area (Å²) < 4.78 is 50.7. The SMILES string of the molecule is COCCCC(=O)CN(CC(=O)CCCOC)C(=O)CCOCCNC(=O)c1cc(C)cc(C(=O)NCCOCCC(=O)N(CC(=O)CCCOC)CC(=O)NCCOC)c1.COCCNC(=O)CCC(NC(=O)c1cc(C)cc(C(=O)NC(CCC(=O)NCCOC)C(=O)NCCOC)c1)C(=O)NCCOC. The molecule has 0 saturated heterocycles. The highest BCUT2D eigenvalue weighted by molar-refractivity contribution is 6.03. The van der Waals surface area contributed by atoms with Gasteiger partial charge in [0.25, 0.3) is 23.6 Å². The quantitative estimate of drug-likeness (QED) is 0.0376. The number of benzene rings is 2. The average Bonchev–Trinajstić information content (AvgIpc) is 0.837. The summed E-state index contributed by atoms with van der Waals surface area (Å²) in [5.74, 6) is -5.58. The number of rotatable bonds is 61. The number of hydrogen-bond acceptors (Lipinski definition) is 24. The van der Waals surface area contributed by atoms with Crippen LogP contribution in [0.15, 0.2) is 36.4 Å². The highest BCUT2D eigenvalue weighted by Gasteiger charge is 2.27. The normalized spacial score (nSPS) is 11.3. The van der Waals surface area contributed by atoms with Crippen molar-refractivity contribution < 1.29 is 114 Å². The Morgan fingerprint density at radius 1 is 0.306 bits per heavy atom. The summed E-state index contributed by atoms with van der Waals surface area (Å²) in [5.41, 5.74) is 1.94. The van der Waals surface area contributed by atoms with Gasteiger partial charge in [-0.3, -0.25) is 67.1 Å². The lowest BCUT2D eigenvalue weighted by atomic mass is 10.0. The largest absolute Gasteiger partial charge is 0.385 e.